The second kappa shape index (κ2) is 14.7. The molecule has 0 heterocycles. The van der Waals surface area contributed by atoms with Crippen LogP contribution in [0.2, 0.25) is 0 Å². The molecule has 244 valence electrons. The minimum absolute atomic E-state index is 0. The Labute approximate surface area is 263 Å². The Hall–Kier alpha value is -3.20. The smallest absolute Gasteiger partial charge is 0.167 e. The molecular formula is C36H52O8. The van der Waals surface area contributed by atoms with E-state index in [1.165, 1.54) is 12.5 Å². The summed E-state index contributed by atoms with van der Waals surface area (Å²) in [5.41, 5.74) is 4.57. The summed E-state index contributed by atoms with van der Waals surface area (Å²) in [6.45, 7) is 7.16. The second-order valence-corrected chi connectivity index (χ2v) is 13.7. The normalized spacial score (nSPS) is 17.8. The van der Waals surface area contributed by atoms with E-state index in [0.29, 0.717) is 36.8 Å². The molecule has 0 bridgehead atoms. The van der Waals surface area contributed by atoms with Gasteiger partial charge in [0.1, 0.15) is 23.1 Å². The standard InChI is InChI=1S/C36H46O7.H2O.2H2/c1-21(39)15-32(41)30(20-38)25(13-14-37)16-22-17-29-28(23-7-10-27(11-8-23)36(2,3)4)19-26(9-12-31(40)24-5-6-24)35(43)34(29)33(42)18-22;;;/h7-8,10-11,19,22,24-25,30,37-38,43H,5-6,9,12-18,20H2,1-4H3;1H2;2*1H. The Balaban J connectivity index is 0.00000353. The van der Waals surface area contributed by atoms with Crippen molar-refractivity contribution in [3.05, 3.63) is 52.6 Å². The molecule has 2 aromatic carbocycles. The predicted octanol–water partition coefficient (Wildman–Crippen LogP) is 5.23. The fourth-order valence-electron chi connectivity index (χ4n) is 6.60. The van der Waals surface area contributed by atoms with E-state index in [2.05, 4.69) is 32.9 Å². The molecule has 8 nitrogen and oxygen atoms in total. The number of carbonyl (C=O) groups is 4. The third kappa shape index (κ3) is 8.29. The van der Waals surface area contributed by atoms with Gasteiger partial charge in [0.25, 0.3) is 0 Å². The molecule has 44 heavy (non-hydrogen) atoms. The quantitative estimate of drug-likeness (QED) is 0.246. The van der Waals surface area contributed by atoms with E-state index in [1.807, 2.05) is 18.2 Å². The van der Waals surface area contributed by atoms with Gasteiger partial charge >= 0.3 is 0 Å². The van der Waals surface area contributed by atoms with Crippen molar-refractivity contribution in [2.75, 3.05) is 13.2 Å². The predicted molar refractivity (Wildman–Crippen MR) is 173 cm³/mol. The maximum Gasteiger partial charge on any atom is 0.167 e. The van der Waals surface area contributed by atoms with Crippen molar-refractivity contribution >= 4 is 23.1 Å². The van der Waals surface area contributed by atoms with E-state index < -0.39 is 18.4 Å². The summed E-state index contributed by atoms with van der Waals surface area (Å²) in [5, 5.41) is 31.2. The van der Waals surface area contributed by atoms with Gasteiger partial charge in [0, 0.05) is 34.1 Å². The minimum atomic E-state index is -0.795. The van der Waals surface area contributed by atoms with Crippen LogP contribution in [-0.4, -0.2) is 57.1 Å². The number of Topliss-reactive ketones (excluding diaryl/α,β-unsaturated/α-hetero) is 4. The summed E-state index contributed by atoms with van der Waals surface area (Å²) < 4.78 is 0. The lowest BCUT2D eigenvalue weighted by molar-refractivity contribution is -0.131. The lowest BCUT2D eigenvalue weighted by Crippen LogP contribution is -2.32. The van der Waals surface area contributed by atoms with Gasteiger partial charge in [0.2, 0.25) is 0 Å². The van der Waals surface area contributed by atoms with Gasteiger partial charge in [-0.05, 0) is 96.6 Å². The number of benzene rings is 2. The minimum Gasteiger partial charge on any atom is -0.507 e. The number of phenols is 1. The maximum absolute atomic E-state index is 13.7. The third-order valence-corrected chi connectivity index (χ3v) is 9.21. The van der Waals surface area contributed by atoms with Crippen LogP contribution < -0.4 is 0 Å². The zero-order valence-electron chi connectivity index (χ0n) is 26.4. The highest BCUT2D eigenvalue weighted by Crippen LogP contribution is 2.44. The van der Waals surface area contributed by atoms with E-state index in [4.69, 9.17) is 0 Å². The number of carbonyl (C=O) groups excluding carboxylic acids is 4. The number of aliphatic hydroxyl groups is 2. The van der Waals surface area contributed by atoms with Gasteiger partial charge in [-0.15, -0.1) is 0 Å². The monoisotopic (exact) mass is 612 g/mol. The highest BCUT2D eigenvalue weighted by atomic mass is 16.3. The molecule has 8 heteroatoms. The zero-order chi connectivity index (χ0) is 31.5. The van der Waals surface area contributed by atoms with Crippen LogP contribution in [-0.2, 0) is 32.6 Å². The summed E-state index contributed by atoms with van der Waals surface area (Å²) in [6, 6.07) is 10.2. The van der Waals surface area contributed by atoms with E-state index >= 15 is 0 Å². The first-order valence-electron chi connectivity index (χ1n) is 15.6. The fraction of sp³-hybridized carbons (Fsp3) is 0.556. The van der Waals surface area contributed by atoms with Crippen molar-refractivity contribution in [1.29, 1.82) is 0 Å². The number of hydrogen-bond donors (Lipinski definition) is 3. The first-order chi connectivity index (χ1) is 20.3. The van der Waals surface area contributed by atoms with Gasteiger partial charge in [0.05, 0.1) is 18.6 Å². The van der Waals surface area contributed by atoms with Gasteiger partial charge in [0.15, 0.2) is 5.78 Å². The average molecular weight is 613 g/mol. The van der Waals surface area contributed by atoms with Crippen LogP contribution >= 0.6 is 0 Å². The van der Waals surface area contributed by atoms with Crippen LogP contribution in [0.15, 0.2) is 30.3 Å². The Morgan fingerprint density at radius 1 is 1.05 bits per heavy atom. The Bertz CT molecular complexity index is 1380. The molecule has 3 unspecified atom stereocenters. The number of phenolic OH excluding ortho intramolecular Hbond substituents is 1. The van der Waals surface area contributed by atoms with Gasteiger partial charge in [-0.3, -0.25) is 19.2 Å². The Kier molecular flexibility index (Phi) is 11.8. The van der Waals surface area contributed by atoms with Crippen molar-refractivity contribution in [2.45, 2.75) is 90.9 Å². The molecule has 1 saturated carbocycles. The van der Waals surface area contributed by atoms with Crippen LogP contribution in [0, 0.1) is 23.7 Å². The molecule has 2 aliphatic carbocycles. The van der Waals surface area contributed by atoms with Crippen molar-refractivity contribution in [1.82, 2.24) is 0 Å². The topological polar surface area (TPSA) is 160 Å². The molecule has 0 spiro atoms. The number of rotatable bonds is 14. The molecule has 2 aromatic rings. The molecule has 0 radical (unpaired) electrons. The molecule has 0 aromatic heterocycles. The summed E-state index contributed by atoms with van der Waals surface area (Å²) in [4.78, 5) is 50.6. The van der Waals surface area contributed by atoms with Gasteiger partial charge in [-0.1, -0.05) is 45.0 Å². The van der Waals surface area contributed by atoms with Gasteiger partial charge < -0.3 is 20.8 Å². The number of aliphatic hydroxyl groups excluding tert-OH is 2. The first kappa shape index (κ1) is 35.3. The molecule has 1 fully saturated rings. The van der Waals surface area contributed by atoms with Gasteiger partial charge in [-0.25, -0.2) is 0 Å². The average Bonchev–Trinajstić information content (AvgIpc) is 3.78. The van der Waals surface area contributed by atoms with Crippen molar-refractivity contribution in [3.8, 4) is 16.9 Å². The van der Waals surface area contributed by atoms with Crippen molar-refractivity contribution in [3.63, 3.8) is 0 Å². The molecule has 4 rings (SSSR count). The lowest BCUT2D eigenvalue weighted by atomic mass is 9.72. The molecule has 3 atom stereocenters. The van der Waals surface area contributed by atoms with Crippen molar-refractivity contribution in [2.24, 2.45) is 23.7 Å². The zero-order valence-corrected chi connectivity index (χ0v) is 26.4. The van der Waals surface area contributed by atoms with Crippen LogP contribution in [0.5, 0.6) is 5.75 Å². The lowest BCUT2D eigenvalue weighted by Gasteiger charge is -2.32. The SMILES string of the molecule is CC(=O)CC(=O)C(CO)C(CCO)CC1CC(=O)c2c(O)c(CCC(=O)C3CC3)cc(-c3ccc(C(C)(C)C)cc3)c2C1.O.[HH].[HH]. The van der Waals surface area contributed by atoms with Gasteiger partial charge in [-0.2, -0.15) is 0 Å². The number of fused-ring (bicyclic) bond motifs is 1. The third-order valence-electron chi connectivity index (χ3n) is 9.21. The fourth-order valence-corrected chi connectivity index (χ4v) is 6.60. The van der Waals surface area contributed by atoms with E-state index in [0.717, 1.165) is 29.5 Å². The Morgan fingerprint density at radius 3 is 2.25 bits per heavy atom. The number of aromatic hydroxyl groups is 1. The summed E-state index contributed by atoms with van der Waals surface area (Å²) in [5.74, 6) is -1.90. The Morgan fingerprint density at radius 2 is 1.70 bits per heavy atom. The molecule has 0 amide bonds. The molecule has 2 aliphatic rings. The van der Waals surface area contributed by atoms with Crippen molar-refractivity contribution < 1.29 is 42.8 Å². The van der Waals surface area contributed by atoms with Crippen LogP contribution in [0.25, 0.3) is 11.1 Å². The van der Waals surface area contributed by atoms with E-state index in [-0.39, 0.29) is 80.3 Å². The van der Waals surface area contributed by atoms with Crippen LogP contribution in [0.1, 0.15) is 103 Å². The summed E-state index contributed by atoms with van der Waals surface area (Å²) >= 11 is 0. The first-order valence-corrected chi connectivity index (χ1v) is 15.6. The van der Waals surface area contributed by atoms with E-state index in [9.17, 15) is 34.5 Å². The largest absolute Gasteiger partial charge is 0.507 e. The molecule has 0 aliphatic heterocycles. The maximum atomic E-state index is 13.7. The summed E-state index contributed by atoms with van der Waals surface area (Å²) in [6.07, 6.45) is 3.61. The second-order valence-electron chi connectivity index (χ2n) is 13.7. The highest BCUT2D eigenvalue weighted by Gasteiger charge is 2.36. The van der Waals surface area contributed by atoms with E-state index in [1.54, 1.807) is 0 Å². The number of hydrogen-bond acceptors (Lipinski definition) is 7. The van der Waals surface area contributed by atoms with Crippen LogP contribution in [0.3, 0.4) is 0 Å². The number of ketones is 4. The summed E-state index contributed by atoms with van der Waals surface area (Å²) in [7, 11) is 0. The van der Waals surface area contributed by atoms with Crippen LogP contribution in [0.4, 0.5) is 0 Å². The molecule has 0 saturated heterocycles. The highest BCUT2D eigenvalue weighted by molar-refractivity contribution is 6.03. The molecular weight excluding hydrogens is 560 g/mol. The number of aryl methyl sites for hydroxylation is 1. The molecule has 5 N–H and O–H groups in total.